The first-order valence-corrected chi connectivity index (χ1v) is 9.71. The molecule has 5 nitrogen and oxygen atoms in total. The van der Waals surface area contributed by atoms with Crippen LogP contribution in [0.2, 0.25) is 0 Å². The highest BCUT2D eigenvalue weighted by Crippen LogP contribution is 2.37. The smallest absolute Gasteiger partial charge is 0.336 e. The molecule has 1 aliphatic heterocycles. The summed E-state index contributed by atoms with van der Waals surface area (Å²) in [6.45, 7) is 2.77. The van der Waals surface area contributed by atoms with Gasteiger partial charge in [-0.05, 0) is 36.8 Å². The maximum atomic E-state index is 12.8. The molecule has 1 unspecified atom stereocenters. The van der Waals surface area contributed by atoms with Crippen LogP contribution >= 0.6 is 11.8 Å². The second-order valence-electron chi connectivity index (χ2n) is 6.47. The summed E-state index contributed by atoms with van der Waals surface area (Å²) >= 11 is 1.79. The van der Waals surface area contributed by atoms with Gasteiger partial charge in [0, 0.05) is 34.2 Å². The highest BCUT2D eigenvalue weighted by molar-refractivity contribution is 8.00. The zero-order valence-electron chi connectivity index (χ0n) is 14.9. The zero-order chi connectivity index (χ0) is 18.8. The van der Waals surface area contributed by atoms with Gasteiger partial charge < -0.3 is 14.1 Å². The van der Waals surface area contributed by atoms with Gasteiger partial charge in [0.05, 0.1) is 5.69 Å². The molecule has 138 valence electrons. The minimum absolute atomic E-state index is 0.0735. The number of anilines is 1. The predicted molar refractivity (Wildman–Crippen MR) is 107 cm³/mol. The van der Waals surface area contributed by atoms with E-state index in [9.17, 15) is 9.59 Å². The van der Waals surface area contributed by atoms with Gasteiger partial charge in [-0.15, -0.1) is 11.8 Å². The van der Waals surface area contributed by atoms with E-state index in [1.54, 1.807) is 40.9 Å². The Kier molecular flexibility index (Phi) is 4.90. The predicted octanol–water partition coefficient (Wildman–Crippen LogP) is 4.09. The number of carbonyl (C=O) groups is 1. The molecule has 1 aliphatic rings. The molecule has 2 aromatic carbocycles. The van der Waals surface area contributed by atoms with Gasteiger partial charge in [-0.25, -0.2) is 4.79 Å². The number of nitrogens with zero attached hydrogens (tertiary/aromatic N) is 1. The van der Waals surface area contributed by atoms with E-state index in [1.807, 2.05) is 24.3 Å². The second kappa shape index (κ2) is 7.48. The lowest BCUT2D eigenvalue weighted by Crippen LogP contribution is -2.36. The van der Waals surface area contributed by atoms with Gasteiger partial charge in [0.15, 0.2) is 6.61 Å². The molecule has 6 heteroatoms. The number of hydrogen-bond donors (Lipinski definition) is 0. The van der Waals surface area contributed by atoms with Gasteiger partial charge in [-0.3, -0.25) is 4.79 Å². The number of amides is 1. The molecule has 4 rings (SSSR count). The minimum Gasteiger partial charge on any atom is -0.484 e. The Bertz CT molecular complexity index is 1050. The molecule has 0 radical (unpaired) electrons. The number of ether oxygens (including phenoxy) is 1. The van der Waals surface area contributed by atoms with Gasteiger partial charge in [0.1, 0.15) is 11.3 Å². The summed E-state index contributed by atoms with van der Waals surface area (Å²) in [5.74, 6) is 0.405. The van der Waals surface area contributed by atoms with Crippen molar-refractivity contribution in [2.45, 2.75) is 23.5 Å². The SMILES string of the molecule is CC1CCN(C(=O)COc2ccc3ccc(=O)oc3c2)c2ccccc2S1. The molecule has 0 aliphatic carbocycles. The third kappa shape index (κ3) is 3.85. The molecular formula is C21H19NO4S. The van der Waals surface area contributed by atoms with Crippen molar-refractivity contribution < 1.29 is 13.9 Å². The second-order valence-corrected chi connectivity index (χ2v) is 7.95. The van der Waals surface area contributed by atoms with E-state index in [4.69, 9.17) is 9.15 Å². The first kappa shape index (κ1) is 17.7. The number of hydrogen-bond acceptors (Lipinski definition) is 5. The van der Waals surface area contributed by atoms with Crippen molar-refractivity contribution >= 4 is 34.3 Å². The summed E-state index contributed by atoms with van der Waals surface area (Å²) in [6, 6.07) is 16.2. The molecule has 27 heavy (non-hydrogen) atoms. The topological polar surface area (TPSA) is 59.8 Å². The van der Waals surface area contributed by atoms with Crippen LogP contribution < -0.4 is 15.3 Å². The Morgan fingerprint density at radius 1 is 1.22 bits per heavy atom. The Labute approximate surface area is 160 Å². The molecule has 1 atom stereocenters. The first-order chi connectivity index (χ1) is 13.1. The Morgan fingerprint density at radius 3 is 2.93 bits per heavy atom. The summed E-state index contributed by atoms with van der Waals surface area (Å²) in [6.07, 6.45) is 0.923. The fourth-order valence-electron chi connectivity index (χ4n) is 3.10. The van der Waals surface area contributed by atoms with Crippen molar-refractivity contribution in [3.8, 4) is 5.75 Å². The number of thioether (sulfide) groups is 1. The molecule has 2 heterocycles. The monoisotopic (exact) mass is 381 g/mol. The third-order valence-corrected chi connectivity index (χ3v) is 5.74. The fraction of sp³-hybridized carbons (Fsp3) is 0.238. The van der Waals surface area contributed by atoms with Crippen LogP contribution in [0.4, 0.5) is 5.69 Å². The van der Waals surface area contributed by atoms with Crippen molar-refractivity contribution in [2.75, 3.05) is 18.1 Å². The Morgan fingerprint density at radius 2 is 2.04 bits per heavy atom. The maximum absolute atomic E-state index is 12.8. The summed E-state index contributed by atoms with van der Waals surface area (Å²) in [4.78, 5) is 27.1. The van der Waals surface area contributed by atoms with Gasteiger partial charge in [0.25, 0.3) is 5.91 Å². The van der Waals surface area contributed by atoms with E-state index in [0.29, 0.717) is 23.1 Å². The van der Waals surface area contributed by atoms with E-state index in [1.165, 1.54) is 6.07 Å². The van der Waals surface area contributed by atoms with Gasteiger partial charge in [-0.2, -0.15) is 0 Å². The summed E-state index contributed by atoms with van der Waals surface area (Å²) < 4.78 is 10.9. The molecule has 0 N–H and O–H groups in total. The van der Waals surface area contributed by atoms with Crippen LogP contribution in [0.5, 0.6) is 5.75 Å². The standard InChI is InChI=1S/C21H19NO4S/c1-14-10-11-22(17-4-2-3-5-19(17)27-14)20(23)13-25-16-8-6-15-7-9-21(24)26-18(15)12-16/h2-9,12,14H,10-11,13H2,1H3. The van der Waals surface area contributed by atoms with Crippen molar-refractivity contribution in [1.82, 2.24) is 0 Å². The van der Waals surface area contributed by atoms with Gasteiger partial charge >= 0.3 is 5.63 Å². The number of carbonyl (C=O) groups excluding carboxylic acids is 1. The molecule has 3 aromatic rings. The van der Waals surface area contributed by atoms with Crippen LogP contribution in [-0.4, -0.2) is 24.3 Å². The molecule has 0 saturated carbocycles. The number of rotatable bonds is 3. The molecule has 0 spiro atoms. The fourth-order valence-corrected chi connectivity index (χ4v) is 4.21. The molecule has 1 amide bonds. The summed E-state index contributed by atoms with van der Waals surface area (Å²) in [5, 5.41) is 1.26. The van der Waals surface area contributed by atoms with Gasteiger partial charge in [-0.1, -0.05) is 19.1 Å². The lowest BCUT2D eigenvalue weighted by atomic mass is 10.2. The van der Waals surface area contributed by atoms with Crippen LogP contribution in [-0.2, 0) is 4.79 Å². The number of fused-ring (bicyclic) bond motifs is 2. The average Bonchev–Trinajstić information content (AvgIpc) is 2.84. The lowest BCUT2D eigenvalue weighted by molar-refractivity contribution is -0.120. The quantitative estimate of drug-likeness (QED) is 0.640. The lowest BCUT2D eigenvalue weighted by Gasteiger charge is -2.22. The largest absolute Gasteiger partial charge is 0.484 e. The van der Waals surface area contributed by atoms with Crippen molar-refractivity contribution in [1.29, 1.82) is 0 Å². The van der Waals surface area contributed by atoms with Crippen LogP contribution in [0.15, 0.2) is 68.7 Å². The van der Waals surface area contributed by atoms with Crippen LogP contribution in [0, 0.1) is 0 Å². The van der Waals surface area contributed by atoms with Crippen molar-refractivity contribution in [3.63, 3.8) is 0 Å². The van der Waals surface area contributed by atoms with Gasteiger partial charge in [0.2, 0.25) is 0 Å². The summed E-state index contributed by atoms with van der Waals surface area (Å²) in [7, 11) is 0. The Balaban J connectivity index is 1.52. The van der Waals surface area contributed by atoms with E-state index in [0.717, 1.165) is 22.4 Å². The molecule has 0 bridgehead atoms. The summed E-state index contributed by atoms with van der Waals surface area (Å²) in [5.41, 5.74) is 0.964. The van der Waals surface area contributed by atoms with E-state index in [2.05, 4.69) is 6.92 Å². The molecule has 0 fully saturated rings. The molecule has 1 aromatic heterocycles. The van der Waals surface area contributed by atoms with E-state index >= 15 is 0 Å². The highest BCUT2D eigenvalue weighted by atomic mass is 32.2. The number of para-hydroxylation sites is 1. The number of benzene rings is 2. The van der Waals surface area contributed by atoms with Crippen molar-refractivity contribution in [2.24, 2.45) is 0 Å². The molecule has 0 saturated heterocycles. The normalized spacial score (nSPS) is 16.6. The zero-order valence-corrected chi connectivity index (χ0v) is 15.7. The molecular weight excluding hydrogens is 362 g/mol. The van der Waals surface area contributed by atoms with Crippen molar-refractivity contribution in [3.05, 3.63) is 65.0 Å². The Hall–Kier alpha value is -2.73. The highest BCUT2D eigenvalue weighted by Gasteiger charge is 2.24. The average molecular weight is 381 g/mol. The van der Waals surface area contributed by atoms with E-state index < -0.39 is 5.63 Å². The first-order valence-electron chi connectivity index (χ1n) is 8.83. The third-order valence-electron chi connectivity index (χ3n) is 4.50. The maximum Gasteiger partial charge on any atom is 0.336 e. The minimum atomic E-state index is -0.413. The van der Waals surface area contributed by atoms with Crippen LogP contribution in [0.3, 0.4) is 0 Å². The van der Waals surface area contributed by atoms with Crippen LogP contribution in [0.25, 0.3) is 11.0 Å². The van der Waals surface area contributed by atoms with Crippen LogP contribution in [0.1, 0.15) is 13.3 Å². The van der Waals surface area contributed by atoms with E-state index in [-0.39, 0.29) is 12.5 Å².